The minimum Gasteiger partial charge on any atom is -0.494 e. The molecule has 0 aliphatic rings. The Kier molecular flexibility index (Phi) is 12.0. The van der Waals surface area contributed by atoms with Crippen molar-refractivity contribution in [2.24, 2.45) is 0 Å². The van der Waals surface area contributed by atoms with Crippen molar-refractivity contribution in [3.8, 4) is 5.75 Å². The molecule has 10 heteroatoms. The number of hydrogen-bond acceptors (Lipinski definition) is 5. The molecule has 0 saturated carbocycles. The number of amides is 2. The lowest BCUT2D eigenvalue weighted by Crippen LogP contribution is -2.50. The van der Waals surface area contributed by atoms with Crippen LogP contribution in [0.2, 0.25) is 0 Å². The van der Waals surface area contributed by atoms with Gasteiger partial charge >= 0.3 is 0 Å². The number of benzene rings is 2. The lowest BCUT2D eigenvalue weighted by molar-refractivity contribution is -0.141. The van der Waals surface area contributed by atoms with E-state index < -0.39 is 16.1 Å². The number of hydrogen-bond donors (Lipinski definition) is 1. The summed E-state index contributed by atoms with van der Waals surface area (Å²) in [5.41, 5.74) is 1.17. The Morgan fingerprint density at radius 3 is 2.16 bits per heavy atom. The summed E-state index contributed by atoms with van der Waals surface area (Å²) in [5, 5.41) is 2.95. The second kappa shape index (κ2) is 14.7. The molecule has 2 aromatic rings. The molecular formula is C28H40FN3O5S. The van der Waals surface area contributed by atoms with Crippen LogP contribution in [0.25, 0.3) is 0 Å². The average molecular weight is 550 g/mol. The second-order valence-electron chi connectivity index (χ2n) is 9.26. The van der Waals surface area contributed by atoms with E-state index in [0.29, 0.717) is 30.0 Å². The molecule has 2 atom stereocenters. The van der Waals surface area contributed by atoms with Crippen molar-refractivity contribution in [1.82, 2.24) is 10.2 Å². The highest BCUT2D eigenvalue weighted by molar-refractivity contribution is 7.92. The minimum atomic E-state index is -3.60. The smallest absolute Gasteiger partial charge is 0.243 e. The molecule has 0 fully saturated rings. The summed E-state index contributed by atoms with van der Waals surface area (Å²) in [5.74, 6) is -0.272. The molecule has 0 bridgehead atoms. The molecule has 2 rings (SSSR count). The third-order valence-corrected chi connectivity index (χ3v) is 7.44. The first-order valence-electron chi connectivity index (χ1n) is 13.0. The molecule has 1 N–H and O–H groups in total. The molecule has 0 spiro atoms. The SMILES string of the molecule is CCOc1ccc(N(CCCC(=O)N(Cc2ccc(F)cc2)[C@H](CC)C(=O)N[C@H](C)CC)S(C)(=O)=O)cc1. The third-order valence-electron chi connectivity index (χ3n) is 6.24. The standard InChI is InChI=1S/C28H40FN3O5S/c1-6-21(4)30-28(34)26(7-2)31(20-22-11-13-23(29)14-12-22)27(33)10-9-19-32(38(5,35)36)24-15-17-25(18-16-24)37-8-3/h11-18,21,26H,6-10,19-20H2,1-5H3,(H,30,34)/t21-,26-/m1/s1. The minimum absolute atomic E-state index is 0.0390. The van der Waals surface area contributed by atoms with Gasteiger partial charge in [-0.15, -0.1) is 0 Å². The van der Waals surface area contributed by atoms with Crippen molar-refractivity contribution in [1.29, 1.82) is 0 Å². The van der Waals surface area contributed by atoms with E-state index in [9.17, 15) is 22.4 Å². The number of nitrogens with zero attached hydrogens (tertiary/aromatic N) is 2. The summed E-state index contributed by atoms with van der Waals surface area (Å²) in [6.45, 7) is 8.30. The molecular weight excluding hydrogens is 509 g/mol. The molecule has 2 amide bonds. The molecule has 2 aromatic carbocycles. The predicted octanol–water partition coefficient (Wildman–Crippen LogP) is 4.49. The van der Waals surface area contributed by atoms with Gasteiger partial charge in [0.15, 0.2) is 0 Å². The maximum Gasteiger partial charge on any atom is 0.243 e. The molecule has 0 radical (unpaired) electrons. The molecule has 8 nitrogen and oxygen atoms in total. The summed E-state index contributed by atoms with van der Waals surface area (Å²) < 4.78 is 45.2. The lowest BCUT2D eigenvalue weighted by Gasteiger charge is -2.32. The summed E-state index contributed by atoms with van der Waals surface area (Å²) in [6, 6.07) is 11.8. The fourth-order valence-electron chi connectivity index (χ4n) is 4.03. The second-order valence-corrected chi connectivity index (χ2v) is 11.2. The van der Waals surface area contributed by atoms with Crippen LogP contribution < -0.4 is 14.4 Å². The number of rotatable bonds is 15. The van der Waals surface area contributed by atoms with Gasteiger partial charge in [-0.25, -0.2) is 12.8 Å². The number of carbonyl (C=O) groups is 2. The maximum absolute atomic E-state index is 13.5. The average Bonchev–Trinajstić information content (AvgIpc) is 2.87. The van der Waals surface area contributed by atoms with Crippen LogP contribution in [-0.2, 0) is 26.2 Å². The zero-order chi connectivity index (χ0) is 28.3. The first kappa shape index (κ1) is 31.1. The fourth-order valence-corrected chi connectivity index (χ4v) is 4.99. The third kappa shape index (κ3) is 9.31. The Morgan fingerprint density at radius 2 is 1.63 bits per heavy atom. The van der Waals surface area contributed by atoms with Gasteiger partial charge in [0.25, 0.3) is 0 Å². The van der Waals surface area contributed by atoms with Crippen LogP contribution in [-0.4, -0.2) is 56.6 Å². The molecule has 0 heterocycles. The number of halogens is 1. The van der Waals surface area contributed by atoms with Crippen molar-refractivity contribution in [2.75, 3.05) is 23.7 Å². The Balaban J connectivity index is 2.20. The zero-order valence-electron chi connectivity index (χ0n) is 22.9. The quantitative estimate of drug-likeness (QED) is 0.353. The normalized spacial score (nSPS) is 12.9. The van der Waals surface area contributed by atoms with E-state index in [2.05, 4.69) is 5.32 Å². The van der Waals surface area contributed by atoms with Crippen LogP contribution in [0, 0.1) is 5.82 Å². The zero-order valence-corrected chi connectivity index (χ0v) is 23.8. The molecule has 0 unspecified atom stereocenters. The van der Waals surface area contributed by atoms with Crippen LogP contribution in [0.4, 0.5) is 10.1 Å². The van der Waals surface area contributed by atoms with Crippen molar-refractivity contribution in [3.05, 3.63) is 59.9 Å². The van der Waals surface area contributed by atoms with Gasteiger partial charge in [-0.3, -0.25) is 13.9 Å². The predicted molar refractivity (Wildman–Crippen MR) is 148 cm³/mol. The first-order chi connectivity index (χ1) is 18.0. The Bertz CT molecular complexity index is 1140. The van der Waals surface area contributed by atoms with Crippen molar-refractivity contribution < 1.29 is 27.1 Å². The molecule has 0 aliphatic carbocycles. The molecule has 210 valence electrons. The number of sulfonamides is 1. The summed E-state index contributed by atoms with van der Waals surface area (Å²) in [6.07, 6.45) is 2.57. The van der Waals surface area contributed by atoms with Gasteiger partial charge < -0.3 is 15.0 Å². The number of nitrogens with one attached hydrogen (secondary N) is 1. The van der Waals surface area contributed by atoms with E-state index in [1.54, 1.807) is 36.4 Å². The summed E-state index contributed by atoms with van der Waals surface area (Å²) in [4.78, 5) is 28.0. The van der Waals surface area contributed by atoms with Crippen molar-refractivity contribution in [2.45, 2.75) is 72.0 Å². The van der Waals surface area contributed by atoms with E-state index in [-0.39, 0.29) is 49.6 Å². The fraction of sp³-hybridized carbons (Fsp3) is 0.500. The monoisotopic (exact) mass is 549 g/mol. The van der Waals surface area contributed by atoms with Gasteiger partial charge in [0.05, 0.1) is 18.6 Å². The van der Waals surface area contributed by atoms with Gasteiger partial charge in [0.2, 0.25) is 21.8 Å². The number of anilines is 1. The highest BCUT2D eigenvalue weighted by atomic mass is 32.2. The Labute approximate surface area is 226 Å². The molecule has 0 aliphatic heterocycles. The lowest BCUT2D eigenvalue weighted by atomic mass is 10.1. The Morgan fingerprint density at radius 1 is 1.00 bits per heavy atom. The van der Waals surface area contributed by atoms with E-state index in [1.165, 1.54) is 21.3 Å². The van der Waals surface area contributed by atoms with Gasteiger partial charge in [0, 0.05) is 25.6 Å². The van der Waals surface area contributed by atoms with Crippen molar-refractivity contribution >= 4 is 27.5 Å². The topological polar surface area (TPSA) is 96.0 Å². The van der Waals surface area contributed by atoms with Gasteiger partial charge in [-0.1, -0.05) is 26.0 Å². The largest absolute Gasteiger partial charge is 0.494 e. The van der Waals surface area contributed by atoms with Crippen LogP contribution >= 0.6 is 0 Å². The van der Waals surface area contributed by atoms with Crippen LogP contribution in [0.1, 0.15) is 58.9 Å². The van der Waals surface area contributed by atoms with Crippen molar-refractivity contribution in [3.63, 3.8) is 0 Å². The molecule has 0 saturated heterocycles. The molecule has 38 heavy (non-hydrogen) atoms. The van der Waals surface area contributed by atoms with E-state index in [0.717, 1.165) is 12.7 Å². The number of ether oxygens (including phenoxy) is 1. The van der Waals surface area contributed by atoms with E-state index >= 15 is 0 Å². The highest BCUT2D eigenvalue weighted by Crippen LogP contribution is 2.23. The highest BCUT2D eigenvalue weighted by Gasteiger charge is 2.29. The van der Waals surface area contributed by atoms with Crippen LogP contribution in [0.3, 0.4) is 0 Å². The Hall–Kier alpha value is -3.14. The summed E-state index contributed by atoms with van der Waals surface area (Å²) >= 11 is 0. The van der Waals surface area contributed by atoms with E-state index in [1.807, 2.05) is 27.7 Å². The summed E-state index contributed by atoms with van der Waals surface area (Å²) in [7, 11) is -3.60. The van der Waals surface area contributed by atoms with Gasteiger partial charge in [0.1, 0.15) is 17.6 Å². The van der Waals surface area contributed by atoms with Crippen LogP contribution in [0.5, 0.6) is 5.75 Å². The first-order valence-corrected chi connectivity index (χ1v) is 14.9. The van der Waals surface area contributed by atoms with Crippen LogP contribution in [0.15, 0.2) is 48.5 Å². The molecule has 0 aromatic heterocycles. The maximum atomic E-state index is 13.5. The van der Waals surface area contributed by atoms with E-state index in [4.69, 9.17) is 4.74 Å². The van der Waals surface area contributed by atoms with Gasteiger partial charge in [-0.2, -0.15) is 0 Å². The number of carbonyl (C=O) groups excluding carboxylic acids is 2. The van der Waals surface area contributed by atoms with Gasteiger partial charge in [-0.05, 0) is 75.1 Å².